The van der Waals surface area contributed by atoms with Crippen molar-refractivity contribution in [2.75, 3.05) is 138 Å². The highest BCUT2D eigenvalue weighted by atomic mass is 16.5. The first-order valence-corrected chi connectivity index (χ1v) is 41.1. The van der Waals surface area contributed by atoms with Crippen LogP contribution in [-0.4, -0.2) is 265 Å². The second kappa shape index (κ2) is 75.8. The molecule has 0 radical (unpaired) electrons. The molecule has 0 bridgehead atoms. The van der Waals surface area contributed by atoms with Crippen LogP contribution in [0.5, 0.6) is 0 Å². The first-order valence-electron chi connectivity index (χ1n) is 41.1. The van der Waals surface area contributed by atoms with E-state index in [-0.39, 0.29) is 237 Å². The fraction of sp³-hybridized carbons (Fsp3) is 0.835. The van der Waals surface area contributed by atoms with Gasteiger partial charge in [-0.2, -0.15) is 0 Å². The van der Waals surface area contributed by atoms with Gasteiger partial charge in [0.25, 0.3) is 0 Å². The molecule has 112 heavy (non-hydrogen) atoms. The number of rotatable bonds is 86. The quantitative estimate of drug-likeness (QED) is 0.0224. The number of hydrogen-bond donors (Lipinski definition) is 12. The van der Waals surface area contributed by atoms with Gasteiger partial charge in [-0.3, -0.25) is 62.9 Å². The van der Waals surface area contributed by atoms with E-state index in [1.807, 2.05) is 6.92 Å². The second-order valence-electron chi connectivity index (χ2n) is 28.3. The van der Waals surface area contributed by atoms with E-state index in [1.54, 1.807) is 0 Å². The van der Waals surface area contributed by atoms with E-state index in [0.717, 1.165) is 116 Å². The van der Waals surface area contributed by atoms with Crippen LogP contribution < -0.4 is 37.2 Å². The zero-order valence-electron chi connectivity index (χ0n) is 67.4. The standard InChI is InChI=1S/C79H141N7O26.H2/c1-62(29-23-25-41-80-73(94)60-112-56-52-108-48-44-83-75(96)61-111-55-49-105-45-27-30-64(88)37-38-67(78(101)102)85-71(92)33-19-15-11-7-3-5-9-13-17-21-35-76(97)98)69(90)57-84-66(63(2)87)32-24-26-42-81-74(95)59-110-54-50-106-46-28-31-65(89)58-109-53-51-107-47-43-82-70(91)40-39-68(79(103)104)86-72(93)34-20-16-12-8-4-6-10-14-18-22-36-77(99)100;/h62,66-68,72,84,86,93H,3-61H2,1-2H3,(H,80,94)(H,81,95)(H,82,91)(H,83,96)(H,85,92)(H,97,98)(H,99,100)(H,101,102)(H,103,104);1H/t62-,66-,67-,68-,72?;/m0./s1. The molecule has 5 amide bonds. The maximum atomic E-state index is 12.9. The summed E-state index contributed by atoms with van der Waals surface area (Å²) in [6, 6.07) is -2.71. The molecule has 0 saturated carbocycles. The highest BCUT2D eigenvalue weighted by Crippen LogP contribution is 2.16. The van der Waals surface area contributed by atoms with E-state index in [9.17, 15) is 77.6 Å². The van der Waals surface area contributed by atoms with Crippen LogP contribution in [0.4, 0.5) is 0 Å². The number of ether oxygens (including phenoxy) is 8. The lowest BCUT2D eigenvalue weighted by Crippen LogP contribution is -2.44. The van der Waals surface area contributed by atoms with Gasteiger partial charge in [0.05, 0.1) is 78.7 Å². The number of aliphatic hydroxyl groups is 1. The Morgan fingerprint density at radius 1 is 0.312 bits per heavy atom. The van der Waals surface area contributed by atoms with E-state index >= 15 is 0 Å². The van der Waals surface area contributed by atoms with E-state index in [4.69, 9.17) is 48.1 Å². The Bertz CT molecular complexity index is 2540. The van der Waals surface area contributed by atoms with Crippen molar-refractivity contribution in [1.29, 1.82) is 0 Å². The largest absolute Gasteiger partial charge is 0.481 e. The number of carbonyl (C=O) groups is 13. The van der Waals surface area contributed by atoms with Crippen molar-refractivity contribution in [2.24, 2.45) is 5.92 Å². The zero-order chi connectivity index (χ0) is 82.7. The summed E-state index contributed by atoms with van der Waals surface area (Å²) in [6.07, 6.45) is 24.4. The molecule has 0 aliphatic heterocycles. The van der Waals surface area contributed by atoms with Crippen molar-refractivity contribution in [3.05, 3.63) is 0 Å². The molecule has 33 nitrogen and oxygen atoms in total. The summed E-state index contributed by atoms with van der Waals surface area (Å²) in [7, 11) is 0. The number of ketones is 4. The van der Waals surface area contributed by atoms with Gasteiger partial charge in [0, 0.05) is 91.7 Å². The van der Waals surface area contributed by atoms with Crippen LogP contribution >= 0.6 is 0 Å². The number of hydrogen-bond acceptors (Lipinski definition) is 24. The van der Waals surface area contributed by atoms with Crippen molar-refractivity contribution < 1.29 is 127 Å². The average Bonchev–Trinajstić information content (AvgIpc) is 0.937. The Morgan fingerprint density at radius 2 is 0.688 bits per heavy atom. The Balaban J connectivity index is 0. The molecule has 0 aromatic rings. The number of carbonyl (C=O) groups excluding carboxylic acids is 9. The molecule has 650 valence electrons. The monoisotopic (exact) mass is 1610 g/mol. The third-order valence-corrected chi connectivity index (χ3v) is 18.1. The van der Waals surface area contributed by atoms with E-state index in [1.165, 1.54) is 6.92 Å². The number of carboxylic acid groups (broad SMARTS) is 4. The van der Waals surface area contributed by atoms with Crippen LogP contribution in [0.3, 0.4) is 0 Å². The van der Waals surface area contributed by atoms with Gasteiger partial charge in [0.15, 0.2) is 5.78 Å². The molecule has 0 saturated heterocycles. The number of unbranched alkanes of at least 4 members (excludes halogenated alkanes) is 20. The summed E-state index contributed by atoms with van der Waals surface area (Å²) in [4.78, 5) is 156. The van der Waals surface area contributed by atoms with Crippen molar-refractivity contribution in [3.63, 3.8) is 0 Å². The van der Waals surface area contributed by atoms with Crippen molar-refractivity contribution in [1.82, 2.24) is 37.2 Å². The minimum Gasteiger partial charge on any atom is -0.481 e. The van der Waals surface area contributed by atoms with Crippen molar-refractivity contribution in [3.8, 4) is 0 Å². The summed E-state index contributed by atoms with van der Waals surface area (Å²) >= 11 is 0. The average molecular weight is 1610 g/mol. The SMILES string of the molecule is CC(=O)[C@H](CCCCNC(=O)COCCOCCCC(=O)COCCOCCNC(=O)CC[C@H](NC(O)CCCCCCCCCCCCC(=O)O)C(=O)O)NCC(=O)[C@@H](C)CCCCNC(=O)COCCOCCNC(=O)COCCOCCCC(=O)CC[C@H](NC(=O)CCCCCCCCCCCCC(=O)O)C(=O)O.[HH]. The molecule has 0 fully saturated rings. The first kappa shape index (κ1) is 105. The predicted octanol–water partition coefficient (Wildman–Crippen LogP) is 6.64. The molecule has 0 rings (SSSR count). The predicted molar refractivity (Wildman–Crippen MR) is 418 cm³/mol. The number of nitrogens with one attached hydrogen (secondary N) is 7. The normalized spacial score (nSPS) is 12.6. The lowest BCUT2D eigenvalue weighted by molar-refractivity contribution is -0.142. The van der Waals surface area contributed by atoms with E-state index in [2.05, 4.69) is 37.2 Å². The third-order valence-electron chi connectivity index (χ3n) is 18.1. The van der Waals surface area contributed by atoms with Gasteiger partial charge in [-0.05, 0) is 96.8 Å². The van der Waals surface area contributed by atoms with Gasteiger partial charge in [0.1, 0.15) is 62.1 Å². The maximum absolute atomic E-state index is 12.9. The Labute approximate surface area is 665 Å². The van der Waals surface area contributed by atoms with Gasteiger partial charge >= 0.3 is 23.9 Å². The lowest BCUT2D eigenvalue weighted by Gasteiger charge is -2.19. The smallest absolute Gasteiger partial charge is 0.326 e. The van der Waals surface area contributed by atoms with Gasteiger partial charge in [-0.25, -0.2) is 4.79 Å². The number of Topliss-reactive ketones (excluding diaryl/α,β-unsaturated/α-hetero) is 4. The Morgan fingerprint density at radius 3 is 1.14 bits per heavy atom. The summed E-state index contributed by atoms with van der Waals surface area (Å²) in [6.45, 7) is 6.54. The van der Waals surface area contributed by atoms with Gasteiger partial charge in [0.2, 0.25) is 29.5 Å². The van der Waals surface area contributed by atoms with Crippen LogP contribution in [0.1, 0.15) is 259 Å². The molecule has 0 spiro atoms. The molecular weight excluding hydrogens is 1460 g/mol. The Kier molecular flexibility index (Phi) is 71.4. The number of aliphatic carboxylic acids is 4. The van der Waals surface area contributed by atoms with E-state index in [0.29, 0.717) is 90.3 Å². The van der Waals surface area contributed by atoms with Gasteiger partial charge < -0.3 is 95.3 Å². The topological polar surface area (TPSA) is 481 Å². The van der Waals surface area contributed by atoms with Crippen molar-refractivity contribution >= 4 is 76.5 Å². The van der Waals surface area contributed by atoms with E-state index < -0.39 is 48.2 Å². The highest BCUT2D eigenvalue weighted by molar-refractivity contribution is 5.86. The van der Waals surface area contributed by atoms with Crippen LogP contribution in [0.25, 0.3) is 0 Å². The lowest BCUT2D eigenvalue weighted by atomic mass is 9.98. The number of carboxylic acids is 4. The molecule has 0 aromatic heterocycles. The van der Waals surface area contributed by atoms with Gasteiger partial charge in [-0.15, -0.1) is 0 Å². The molecule has 33 heteroatoms. The molecular formula is C79H143N7O26. The highest BCUT2D eigenvalue weighted by Gasteiger charge is 2.24. The molecule has 0 aromatic carbocycles. The fourth-order valence-corrected chi connectivity index (χ4v) is 11.5. The minimum absolute atomic E-state index is 0. The third kappa shape index (κ3) is 72.4. The molecule has 0 aliphatic rings. The van der Waals surface area contributed by atoms with Crippen LogP contribution in [0, 0.1) is 5.92 Å². The number of amides is 5. The summed E-state index contributed by atoms with van der Waals surface area (Å²) in [5.74, 6) is -6.06. The Hall–Kier alpha value is -6.53. The summed E-state index contributed by atoms with van der Waals surface area (Å²) < 4.78 is 43.4. The molecule has 5 atom stereocenters. The van der Waals surface area contributed by atoms with Gasteiger partial charge in [-0.1, -0.05) is 116 Å². The van der Waals surface area contributed by atoms with Crippen LogP contribution in [0.2, 0.25) is 0 Å². The van der Waals surface area contributed by atoms with Crippen LogP contribution in [-0.2, 0) is 100 Å². The molecule has 0 heterocycles. The molecule has 1 unspecified atom stereocenters. The zero-order valence-corrected chi connectivity index (χ0v) is 67.4. The maximum Gasteiger partial charge on any atom is 0.326 e. The summed E-state index contributed by atoms with van der Waals surface area (Å²) in [5.41, 5.74) is 0. The second-order valence-corrected chi connectivity index (χ2v) is 28.3. The first-order chi connectivity index (χ1) is 54.0. The van der Waals surface area contributed by atoms with Crippen LogP contribution in [0.15, 0.2) is 0 Å². The van der Waals surface area contributed by atoms with Crippen molar-refractivity contribution in [2.45, 2.75) is 282 Å². The molecule has 0 aliphatic carbocycles. The minimum atomic E-state index is -1.19. The number of aliphatic hydroxyl groups excluding tert-OH is 1. The molecule has 12 N–H and O–H groups in total. The summed E-state index contributed by atoms with van der Waals surface area (Å²) in [5, 5.41) is 66.1. The fourth-order valence-electron chi connectivity index (χ4n) is 11.5.